The van der Waals surface area contributed by atoms with Crippen LogP contribution in [-0.2, 0) is 9.53 Å². The molecule has 14 heavy (non-hydrogen) atoms. The molecule has 4 nitrogen and oxygen atoms in total. The number of ether oxygens (including phenoxy) is 1. The van der Waals surface area contributed by atoms with E-state index in [1.165, 1.54) is 0 Å². The molecule has 0 amide bonds. The molecule has 0 radical (unpaired) electrons. The zero-order valence-corrected chi connectivity index (χ0v) is 8.45. The molecule has 1 fully saturated rings. The Morgan fingerprint density at radius 3 is 2.64 bits per heavy atom. The van der Waals surface area contributed by atoms with Crippen molar-refractivity contribution in [3.63, 3.8) is 0 Å². The first kappa shape index (κ1) is 11.5. The zero-order chi connectivity index (χ0) is 10.4. The Balaban J connectivity index is 2.33. The molecular weight excluding hydrogens is 182 g/mol. The quantitative estimate of drug-likeness (QED) is 0.691. The zero-order valence-electron chi connectivity index (χ0n) is 8.45. The molecule has 0 aliphatic carbocycles. The van der Waals surface area contributed by atoms with Crippen molar-refractivity contribution >= 4 is 5.97 Å². The predicted molar refractivity (Wildman–Crippen MR) is 53.0 cm³/mol. The lowest BCUT2D eigenvalue weighted by Crippen LogP contribution is -2.24. The van der Waals surface area contributed by atoms with Gasteiger partial charge in [-0.05, 0) is 38.1 Å². The van der Waals surface area contributed by atoms with E-state index in [9.17, 15) is 4.79 Å². The van der Waals surface area contributed by atoms with Crippen molar-refractivity contribution in [2.24, 2.45) is 17.6 Å². The molecule has 0 aromatic heterocycles. The highest BCUT2D eigenvalue weighted by Gasteiger charge is 2.23. The summed E-state index contributed by atoms with van der Waals surface area (Å²) in [5, 5.41) is 8.95. The van der Waals surface area contributed by atoms with Crippen molar-refractivity contribution < 1.29 is 14.6 Å². The molecule has 1 atom stereocenters. The SMILES string of the molecule is NCCC(CC1CCOCC1)C(=O)O. The maximum Gasteiger partial charge on any atom is 0.306 e. The van der Waals surface area contributed by atoms with Crippen LogP contribution in [0.25, 0.3) is 0 Å². The summed E-state index contributed by atoms with van der Waals surface area (Å²) in [5.74, 6) is -0.457. The maximum atomic E-state index is 10.9. The minimum Gasteiger partial charge on any atom is -0.481 e. The van der Waals surface area contributed by atoms with Crippen LogP contribution >= 0.6 is 0 Å². The highest BCUT2D eigenvalue weighted by molar-refractivity contribution is 5.69. The van der Waals surface area contributed by atoms with Crippen molar-refractivity contribution in [1.82, 2.24) is 0 Å². The molecule has 3 N–H and O–H groups in total. The highest BCUT2D eigenvalue weighted by Crippen LogP contribution is 2.24. The van der Waals surface area contributed by atoms with E-state index in [2.05, 4.69) is 0 Å². The summed E-state index contributed by atoms with van der Waals surface area (Å²) in [6.07, 6.45) is 3.34. The molecule has 1 saturated heterocycles. The lowest BCUT2D eigenvalue weighted by atomic mass is 9.87. The number of nitrogens with two attached hydrogens (primary N) is 1. The topological polar surface area (TPSA) is 72.5 Å². The smallest absolute Gasteiger partial charge is 0.306 e. The summed E-state index contributed by atoms with van der Waals surface area (Å²) in [4.78, 5) is 10.9. The molecule has 0 aromatic carbocycles. The standard InChI is InChI=1S/C10H19NO3/c11-4-1-9(10(12)13)7-8-2-5-14-6-3-8/h8-9H,1-7,11H2,(H,12,13). The summed E-state index contributed by atoms with van der Waals surface area (Å²) >= 11 is 0. The number of hydrogen-bond donors (Lipinski definition) is 2. The number of rotatable bonds is 5. The third-order valence-electron chi connectivity index (χ3n) is 2.82. The lowest BCUT2D eigenvalue weighted by molar-refractivity contribution is -0.142. The van der Waals surface area contributed by atoms with Gasteiger partial charge >= 0.3 is 5.97 Å². The summed E-state index contributed by atoms with van der Waals surface area (Å²) in [5.41, 5.74) is 5.38. The molecule has 0 spiro atoms. The van der Waals surface area contributed by atoms with Gasteiger partial charge in [0, 0.05) is 13.2 Å². The van der Waals surface area contributed by atoms with E-state index in [-0.39, 0.29) is 5.92 Å². The van der Waals surface area contributed by atoms with Gasteiger partial charge in [0.1, 0.15) is 0 Å². The average Bonchev–Trinajstić information content (AvgIpc) is 2.18. The van der Waals surface area contributed by atoms with Crippen molar-refractivity contribution in [2.45, 2.75) is 25.7 Å². The van der Waals surface area contributed by atoms with E-state index in [4.69, 9.17) is 15.6 Å². The van der Waals surface area contributed by atoms with Crippen LogP contribution in [0.5, 0.6) is 0 Å². The Morgan fingerprint density at radius 2 is 2.14 bits per heavy atom. The van der Waals surface area contributed by atoms with Crippen LogP contribution in [0.4, 0.5) is 0 Å². The molecule has 4 heteroatoms. The molecule has 1 unspecified atom stereocenters. The van der Waals surface area contributed by atoms with Gasteiger partial charge in [-0.15, -0.1) is 0 Å². The van der Waals surface area contributed by atoms with Gasteiger partial charge in [0.25, 0.3) is 0 Å². The molecule has 82 valence electrons. The summed E-state index contributed by atoms with van der Waals surface area (Å²) in [6.45, 7) is 2.01. The minimum absolute atomic E-state index is 0.261. The second-order valence-electron chi connectivity index (χ2n) is 3.90. The van der Waals surface area contributed by atoms with Gasteiger partial charge in [0.05, 0.1) is 5.92 Å². The predicted octanol–water partition coefficient (Wildman–Crippen LogP) is 0.853. The van der Waals surface area contributed by atoms with Gasteiger partial charge in [-0.3, -0.25) is 4.79 Å². The number of carboxylic acids is 1. The summed E-state index contributed by atoms with van der Waals surface area (Å²) in [6, 6.07) is 0. The molecule has 1 aliphatic rings. The third kappa shape index (κ3) is 3.64. The van der Waals surface area contributed by atoms with Gasteiger partial charge in [-0.2, -0.15) is 0 Å². The van der Waals surface area contributed by atoms with Crippen LogP contribution in [0.1, 0.15) is 25.7 Å². The van der Waals surface area contributed by atoms with E-state index < -0.39 is 5.97 Å². The normalized spacial score (nSPS) is 20.6. The first-order valence-electron chi connectivity index (χ1n) is 5.24. The molecule has 0 saturated carbocycles. The van der Waals surface area contributed by atoms with Gasteiger partial charge in [0.2, 0.25) is 0 Å². The van der Waals surface area contributed by atoms with Gasteiger partial charge in [-0.1, -0.05) is 0 Å². The van der Waals surface area contributed by atoms with Gasteiger partial charge in [-0.25, -0.2) is 0 Å². The number of carbonyl (C=O) groups is 1. The summed E-state index contributed by atoms with van der Waals surface area (Å²) in [7, 11) is 0. The van der Waals surface area contributed by atoms with E-state index in [1.807, 2.05) is 0 Å². The van der Waals surface area contributed by atoms with Gasteiger partial charge < -0.3 is 15.6 Å². The van der Waals surface area contributed by atoms with E-state index >= 15 is 0 Å². The molecule has 1 aliphatic heterocycles. The van der Waals surface area contributed by atoms with E-state index in [0.717, 1.165) is 32.5 Å². The number of carboxylic acid groups (broad SMARTS) is 1. The minimum atomic E-state index is -0.707. The van der Waals surface area contributed by atoms with E-state index in [1.54, 1.807) is 0 Å². The van der Waals surface area contributed by atoms with Crippen molar-refractivity contribution in [3.8, 4) is 0 Å². The first-order chi connectivity index (χ1) is 6.74. The second kappa shape index (κ2) is 5.98. The fourth-order valence-corrected chi connectivity index (χ4v) is 1.93. The molecule has 1 heterocycles. The van der Waals surface area contributed by atoms with Crippen LogP contribution in [0.2, 0.25) is 0 Å². The number of aliphatic carboxylic acids is 1. The van der Waals surface area contributed by atoms with Crippen LogP contribution in [0.3, 0.4) is 0 Å². The van der Waals surface area contributed by atoms with Crippen LogP contribution < -0.4 is 5.73 Å². The number of hydrogen-bond acceptors (Lipinski definition) is 3. The summed E-state index contributed by atoms with van der Waals surface area (Å²) < 4.78 is 5.23. The monoisotopic (exact) mass is 201 g/mol. The fourth-order valence-electron chi connectivity index (χ4n) is 1.93. The first-order valence-corrected chi connectivity index (χ1v) is 5.24. The second-order valence-corrected chi connectivity index (χ2v) is 3.90. The Morgan fingerprint density at radius 1 is 1.50 bits per heavy atom. The molecular formula is C10H19NO3. The van der Waals surface area contributed by atoms with Crippen molar-refractivity contribution in [2.75, 3.05) is 19.8 Å². The third-order valence-corrected chi connectivity index (χ3v) is 2.82. The lowest BCUT2D eigenvalue weighted by Gasteiger charge is -2.24. The Hall–Kier alpha value is -0.610. The van der Waals surface area contributed by atoms with Crippen molar-refractivity contribution in [3.05, 3.63) is 0 Å². The maximum absolute atomic E-state index is 10.9. The largest absolute Gasteiger partial charge is 0.481 e. The van der Waals surface area contributed by atoms with Crippen LogP contribution in [0.15, 0.2) is 0 Å². The Labute approximate surface area is 84.4 Å². The molecule has 0 bridgehead atoms. The Kier molecular flexibility index (Phi) is 4.90. The molecule has 0 aromatic rings. The highest BCUT2D eigenvalue weighted by atomic mass is 16.5. The van der Waals surface area contributed by atoms with E-state index in [0.29, 0.717) is 18.9 Å². The Bertz CT molecular complexity index is 178. The van der Waals surface area contributed by atoms with Crippen LogP contribution in [0, 0.1) is 11.8 Å². The van der Waals surface area contributed by atoms with Crippen LogP contribution in [-0.4, -0.2) is 30.8 Å². The fraction of sp³-hybridized carbons (Fsp3) is 0.900. The van der Waals surface area contributed by atoms with Crippen molar-refractivity contribution in [1.29, 1.82) is 0 Å². The van der Waals surface area contributed by atoms with Gasteiger partial charge in [0.15, 0.2) is 0 Å². The average molecular weight is 201 g/mol. The molecule has 1 rings (SSSR count).